The third kappa shape index (κ3) is 4.02. The Kier molecular flexibility index (Phi) is 4.33. The molecular formula is C12H18N6OS. The number of hydrogen-bond donors (Lipinski definition) is 2. The van der Waals surface area contributed by atoms with Gasteiger partial charge in [-0.25, -0.2) is 9.78 Å². The summed E-state index contributed by atoms with van der Waals surface area (Å²) in [5.74, 6) is 0. The number of nitrogens with one attached hydrogen (secondary N) is 2. The number of carbonyl (C=O) groups excluding carboxylic acids is 1. The molecule has 7 nitrogen and oxygen atoms in total. The van der Waals surface area contributed by atoms with Crippen LogP contribution in [0.4, 0.5) is 9.93 Å². The normalized spacial score (nSPS) is 12.9. The van der Waals surface area contributed by atoms with E-state index < -0.39 is 0 Å². The number of anilines is 1. The van der Waals surface area contributed by atoms with Crippen LogP contribution in [0.15, 0.2) is 24.2 Å². The third-order valence-electron chi connectivity index (χ3n) is 2.88. The van der Waals surface area contributed by atoms with Gasteiger partial charge in [0.25, 0.3) is 0 Å². The molecule has 2 N–H and O–H groups in total. The average molecular weight is 294 g/mol. The van der Waals surface area contributed by atoms with E-state index in [9.17, 15) is 4.79 Å². The monoisotopic (exact) mass is 294 g/mol. The summed E-state index contributed by atoms with van der Waals surface area (Å²) in [4.78, 5) is 16.0. The lowest BCUT2D eigenvalue weighted by Gasteiger charge is -2.31. The lowest BCUT2D eigenvalue weighted by atomic mass is 9.86. The van der Waals surface area contributed by atoms with Gasteiger partial charge in [-0.05, 0) is 5.41 Å². The number of nitrogens with zero attached hydrogens (tertiary/aromatic N) is 4. The van der Waals surface area contributed by atoms with Gasteiger partial charge in [-0.1, -0.05) is 32.1 Å². The number of urea groups is 1. The highest BCUT2D eigenvalue weighted by Crippen LogP contribution is 2.21. The van der Waals surface area contributed by atoms with Gasteiger partial charge in [0, 0.05) is 18.9 Å². The maximum Gasteiger partial charge on any atom is 0.321 e. The van der Waals surface area contributed by atoms with Gasteiger partial charge >= 0.3 is 6.03 Å². The third-order valence-corrected chi connectivity index (χ3v) is 3.49. The number of carbonyl (C=O) groups is 1. The Morgan fingerprint density at radius 1 is 1.50 bits per heavy atom. The van der Waals surface area contributed by atoms with Crippen molar-refractivity contribution >= 4 is 22.5 Å². The second kappa shape index (κ2) is 6.00. The molecule has 0 saturated carbocycles. The Morgan fingerprint density at radius 3 is 2.85 bits per heavy atom. The van der Waals surface area contributed by atoms with Crippen LogP contribution in [-0.4, -0.2) is 31.8 Å². The highest BCUT2D eigenvalue weighted by Gasteiger charge is 2.26. The zero-order valence-corrected chi connectivity index (χ0v) is 12.5. The van der Waals surface area contributed by atoms with Crippen molar-refractivity contribution in [2.24, 2.45) is 5.41 Å². The zero-order valence-electron chi connectivity index (χ0n) is 11.7. The van der Waals surface area contributed by atoms with E-state index in [0.29, 0.717) is 11.7 Å². The fourth-order valence-electron chi connectivity index (χ4n) is 1.66. The van der Waals surface area contributed by atoms with Crippen molar-refractivity contribution in [2.45, 2.75) is 33.4 Å². The van der Waals surface area contributed by atoms with Crippen molar-refractivity contribution in [2.75, 3.05) is 5.32 Å². The lowest BCUT2D eigenvalue weighted by molar-refractivity contribution is 0.218. The largest absolute Gasteiger partial charge is 0.335 e. The summed E-state index contributed by atoms with van der Waals surface area (Å²) >= 11 is 1.28. The van der Waals surface area contributed by atoms with Crippen molar-refractivity contribution in [1.29, 1.82) is 0 Å². The van der Waals surface area contributed by atoms with E-state index in [0.717, 1.165) is 0 Å². The molecule has 0 fully saturated rings. The molecule has 0 saturated heterocycles. The minimum absolute atomic E-state index is 0.0374. The van der Waals surface area contributed by atoms with Gasteiger partial charge in [0.2, 0.25) is 5.13 Å². The molecule has 2 amide bonds. The van der Waals surface area contributed by atoms with Gasteiger partial charge in [0.15, 0.2) is 0 Å². The van der Waals surface area contributed by atoms with Crippen molar-refractivity contribution in [3.05, 3.63) is 24.2 Å². The number of amides is 2. The minimum atomic E-state index is -0.276. The van der Waals surface area contributed by atoms with E-state index in [1.807, 2.05) is 10.8 Å². The Bertz CT molecular complexity index is 531. The van der Waals surface area contributed by atoms with Crippen LogP contribution in [0.25, 0.3) is 0 Å². The first-order chi connectivity index (χ1) is 9.45. The Hall–Kier alpha value is -1.96. The highest BCUT2D eigenvalue weighted by atomic mass is 32.1. The molecule has 2 aromatic rings. The molecule has 2 aromatic heterocycles. The molecule has 0 bridgehead atoms. The maximum absolute atomic E-state index is 12.0. The molecule has 108 valence electrons. The van der Waals surface area contributed by atoms with Gasteiger partial charge in [-0.2, -0.15) is 0 Å². The molecule has 2 rings (SSSR count). The van der Waals surface area contributed by atoms with Crippen LogP contribution in [0.3, 0.4) is 0 Å². The summed E-state index contributed by atoms with van der Waals surface area (Å²) in [6, 6.07) is -0.314. The molecule has 2 heterocycles. The van der Waals surface area contributed by atoms with Crippen LogP contribution in [0.5, 0.6) is 0 Å². The van der Waals surface area contributed by atoms with Crippen LogP contribution in [0.2, 0.25) is 0 Å². The summed E-state index contributed by atoms with van der Waals surface area (Å²) in [7, 11) is 0. The summed E-state index contributed by atoms with van der Waals surface area (Å²) in [5, 5.41) is 13.6. The first-order valence-electron chi connectivity index (χ1n) is 6.24. The molecule has 1 atom stereocenters. The molecule has 0 unspecified atom stereocenters. The van der Waals surface area contributed by atoms with Gasteiger partial charge in [-0.3, -0.25) is 5.32 Å². The van der Waals surface area contributed by atoms with Crippen LogP contribution < -0.4 is 10.6 Å². The minimum Gasteiger partial charge on any atom is -0.335 e. The molecule has 0 aliphatic carbocycles. The van der Waals surface area contributed by atoms with Gasteiger partial charge in [0.1, 0.15) is 5.51 Å². The molecule has 0 radical (unpaired) electrons. The summed E-state index contributed by atoms with van der Waals surface area (Å²) in [6.07, 6.45) is 5.34. The molecule has 0 aliphatic rings. The second-order valence-electron chi connectivity index (χ2n) is 5.52. The molecule has 8 heteroatoms. The average Bonchev–Trinajstić information content (AvgIpc) is 2.99. The Labute approximate surface area is 121 Å². The van der Waals surface area contributed by atoms with Gasteiger partial charge in [-0.15, -0.1) is 10.2 Å². The van der Waals surface area contributed by atoms with E-state index in [1.165, 1.54) is 11.3 Å². The molecule has 20 heavy (non-hydrogen) atoms. The Balaban J connectivity index is 1.98. The van der Waals surface area contributed by atoms with E-state index in [1.54, 1.807) is 18.0 Å². The predicted molar refractivity (Wildman–Crippen MR) is 77.5 cm³/mol. The SMILES string of the molecule is CC(C)(C)[C@H](Cn1ccnc1)NC(=O)Nc1nncs1. The van der Waals surface area contributed by atoms with Crippen molar-refractivity contribution < 1.29 is 4.79 Å². The van der Waals surface area contributed by atoms with Crippen LogP contribution >= 0.6 is 11.3 Å². The molecular weight excluding hydrogens is 276 g/mol. The van der Waals surface area contributed by atoms with Crippen molar-refractivity contribution in [3.8, 4) is 0 Å². The number of hydrogen-bond acceptors (Lipinski definition) is 5. The summed E-state index contributed by atoms with van der Waals surface area (Å²) < 4.78 is 1.95. The first-order valence-corrected chi connectivity index (χ1v) is 7.12. The topological polar surface area (TPSA) is 84.7 Å². The number of rotatable bonds is 4. The van der Waals surface area contributed by atoms with E-state index in [-0.39, 0.29) is 17.5 Å². The summed E-state index contributed by atoms with van der Waals surface area (Å²) in [5.41, 5.74) is 1.49. The second-order valence-corrected chi connectivity index (χ2v) is 6.35. The van der Waals surface area contributed by atoms with Gasteiger partial charge < -0.3 is 9.88 Å². The predicted octanol–water partition coefficient (Wildman–Crippen LogP) is 1.97. The van der Waals surface area contributed by atoms with E-state index >= 15 is 0 Å². The fraction of sp³-hybridized carbons (Fsp3) is 0.500. The van der Waals surface area contributed by atoms with Crippen molar-refractivity contribution in [1.82, 2.24) is 25.1 Å². The van der Waals surface area contributed by atoms with Gasteiger partial charge in [0.05, 0.1) is 12.4 Å². The number of imidazole rings is 1. The molecule has 0 spiro atoms. The lowest BCUT2D eigenvalue weighted by Crippen LogP contribution is -2.47. The molecule has 0 aromatic carbocycles. The van der Waals surface area contributed by atoms with Crippen LogP contribution in [0, 0.1) is 5.41 Å². The summed E-state index contributed by atoms with van der Waals surface area (Å²) in [6.45, 7) is 6.91. The van der Waals surface area contributed by atoms with E-state index in [2.05, 4.69) is 46.6 Å². The maximum atomic E-state index is 12.0. The van der Waals surface area contributed by atoms with Crippen LogP contribution in [-0.2, 0) is 6.54 Å². The molecule has 0 aliphatic heterocycles. The standard InChI is InChI=1S/C12H18N6OS/c1-12(2,3)9(6-18-5-4-13-7-18)15-10(19)16-11-17-14-8-20-11/h4-5,7-9H,6H2,1-3H3,(H2,15,16,17,19)/t9-/m0/s1. The quantitative estimate of drug-likeness (QED) is 0.903. The van der Waals surface area contributed by atoms with Crippen LogP contribution in [0.1, 0.15) is 20.8 Å². The van der Waals surface area contributed by atoms with E-state index in [4.69, 9.17) is 0 Å². The zero-order chi connectivity index (χ0) is 14.6. The first kappa shape index (κ1) is 14.4. The Morgan fingerprint density at radius 2 is 2.30 bits per heavy atom. The smallest absolute Gasteiger partial charge is 0.321 e. The van der Waals surface area contributed by atoms with Crippen molar-refractivity contribution in [3.63, 3.8) is 0 Å². The fourth-order valence-corrected chi connectivity index (χ4v) is 2.10. The highest BCUT2D eigenvalue weighted by molar-refractivity contribution is 7.13. The number of aromatic nitrogens is 4.